The molecule has 0 radical (unpaired) electrons. The van der Waals surface area contributed by atoms with E-state index in [4.69, 9.17) is 9.47 Å². The molecule has 0 N–H and O–H groups in total. The molecule has 0 bridgehead atoms. The molecule has 0 aliphatic carbocycles. The van der Waals surface area contributed by atoms with Gasteiger partial charge in [-0.05, 0) is 39.8 Å². The lowest BCUT2D eigenvalue weighted by Gasteiger charge is -2.18. The summed E-state index contributed by atoms with van der Waals surface area (Å²) in [5.41, 5.74) is 0.327. The first-order valence-corrected chi connectivity index (χ1v) is 5.82. The first-order chi connectivity index (χ1) is 7.92. The van der Waals surface area contributed by atoms with Crippen LogP contribution in [-0.2, 0) is 4.74 Å². The van der Waals surface area contributed by atoms with Crippen LogP contribution in [0.3, 0.4) is 0 Å². The topological polar surface area (TPSA) is 35.5 Å². The number of carbonyl (C=O) groups is 1. The molecule has 0 fully saturated rings. The standard InChI is InChI=1S/C14H20O3/c1-5-16-12-8-6-7-11(9-12)13(15)10-17-14(2,3)4/h6-9H,5,10H2,1-4H3. The van der Waals surface area contributed by atoms with Crippen LogP contribution >= 0.6 is 0 Å². The van der Waals surface area contributed by atoms with Gasteiger partial charge < -0.3 is 9.47 Å². The van der Waals surface area contributed by atoms with Gasteiger partial charge >= 0.3 is 0 Å². The van der Waals surface area contributed by atoms with Gasteiger partial charge in [-0.25, -0.2) is 0 Å². The van der Waals surface area contributed by atoms with Crippen molar-refractivity contribution in [3.8, 4) is 5.75 Å². The van der Waals surface area contributed by atoms with E-state index in [0.717, 1.165) is 0 Å². The lowest BCUT2D eigenvalue weighted by molar-refractivity contribution is 0.00306. The number of ether oxygens (including phenoxy) is 2. The first-order valence-electron chi connectivity index (χ1n) is 5.82. The number of hydrogen-bond acceptors (Lipinski definition) is 3. The summed E-state index contributed by atoms with van der Waals surface area (Å²) in [6, 6.07) is 7.18. The Bertz CT molecular complexity index is 377. The van der Waals surface area contributed by atoms with Crippen molar-refractivity contribution in [1.29, 1.82) is 0 Å². The second-order valence-electron chi connectivity index (χ2n) is 4.79. The van der Waals surface area contributed by atoms with Crippen molar-refractivity contribution in [3.63, 3.8) is 0 Å². The average Bonchev–Trinajstić information content (AvgIpc) is 2.26. The molecule has 0 aliphatic rings. The van der Waals surface area contributed by atoms with Crippen molar-refractivity contribution in [1.82, 2.24) is 0 Å². The monoisotopic (exact) mass is 236 g/mol. The fourth-order valence-electron chi connectivity index (χ4n) is 1.29. The Hall–Kier alpha value is -1.35. The van der Waals surface area contributed by atoms with E-state index in [1.54, 1.807) is 12.1 Å². The van der Waals surface area contributed by atoms with Gasteiger partial charge in [-0.3, -0.25) is 4.79 Å². The molecule has 3 nitrogen and oxygen atoms in total. The molecule has 0 spiro atoms. The molecule has 3 heteroatoms. The highest BCUT2D eigenvalue weighted by Gasteiger charge is 2.14. The van der Waals surface area contributed by atoms with Crippen molar-refractivity contribution < 1.29 is 14.3 Å². The van der Waals surface area contributed by atoms with Crippen molar-refractivity contribution in [2.75, 3.05) is 13.2 Å². The smallest absolute Gasteiger partial charge is 0.188 e. The van der Waals surface area contributed by atoms with Crippen molar-refractivity contribution in [3.05, 3.63) is 29.8 Å². The summed E-state index contributed by atoms with van der Waals surface area (Å²) in [5.74, 6) is 0.690. The molecule has 0 saturated heterocycles. The van der Waals surface area contributed by atoms with Gasteiger partial charge in [0.1, 0.15) is 12.4 Å². The normalized spacial score (nSPS) is 11.3. The van der Waals surface area contributed by atoms with Gasteiger partial charge in [0, 0.05) is 5.56 Å². The summed E-state index contributed by atoms with van der Waals surface area (Å²) in [6.45, 7) is 8.39. The van der Waals surface area contributed by atoms with Crippen LogP contribution in [0.25, 0.3) is 0 Å². The summed E-state index contributed by atoms with van der Waals surface area (Å²) in [4.78, 5) is 11.9. The van der Waals surface area contributed by atoms with Crippen LogP contribution in [0.1, 0.15) is 38.1 Å². The largest absolute Gasteiger partial charge is 0.494 e. The van der Waals surface area contributed by atoms with Gasteiger partial charge in [-0.15, -0.1) is 0 Å². The zero-order valence-electron chi connectivity index (χ0n) is 10.9. The number of benzene rings is 1. The van der Waals surface area contributed by atoms with E-state index in [-0.39, 0.29) is 18.0 Å². The minimum absolute atomic E-state index is 0.0264. The van der Waals surface area contributed by atoms with E-state index in [1.165, 1.54) is 0 Å². The summed E-state index contributed by atoms with van der Waals surface area (Å²) >= 11 is 0. The highest BCUT2D eigenvalue weighted by atomic mass is 16.5. The number of rotatable bonds is 5. The Balaban J connectivity index is 2.65. The number of ketones is 1. The lowest BCUT2D eigenvalue weighted by atomic mass is 10.1. The third kappa shape index (κ3) is 5.00. The third-order valence-electron chi connectivity index (χ3n) is 2.10. The molecule has 0 heterocycles. The fraction of sp³-hybridized carbons (Fsp3) is 0.500. The summed E-state index contributed by atoms with van der Waals surface area (Å²) < 4.78 is 10.8. The molecule has 0 saturated carbocycles. The minimum Gasteiger partial charge on any atom is -0.494 e. The molecular formula is C14H20O3. The number of Topliss-reactive ketones (excluding diaryl/α,β-unsaturated/α-hetero) is 1. The fourth-order valence-corrected chi connectivity index (χ4v) is 1.29. The molecule has 0 amide bonds. The second-order valence-corrected chi connectivity index (χ2v) is 4.79. The molecular weight excluding hydrogens is 216 g/mol. The van der Waals surface area contributed by atoms with Gasteiger partial charge in [-0.1, -0.05) is 12.1 Å². The zero-order valence-corrected chi connectivity index (χ0v) is 10.9. The summed E-state index contributed by atoms with van der Waals surface area (Å²) in [6.07, 6.45) is 0. The van der Waals surface area contributed by atoms with Crippen molar-refractivity contribution in [2.24, 2.45) is 0 Å². The predicted molar refractivity (Wildman–Crippen MR) is 67.6 cm³/mol. The second kappa shape index (κ2) is 5.82. The van der Waals surface area contributed by atoms with Crippen LogP contribution < -0.4 is 4.74 Å². The molecule has 1 rings (SSSR count). The average molecular weight is 236 g/mol. The van der Waals surface area contributed by atoms with Crippen LogP contribution in [0.4, 0.5) is 0 Å². The molecule has 94 valence electrons. The van der Waals surface area contributed by atoms with Crippen LogP contribution in [0.15, 0.2) is 24.3 Å². The zero-order chi connectivity index (χ0) is 12.9. The summed E-state index contributed by atoms with van der Waals surface area (Å²) in [7, 11) is 0. The van der Waals surface area contributed by atoms with Gasteiger partial charge in [0.15, 0.2) is 5.78 Å². The van der Waals surface area contributed by atoms with Gasteiger partial charge in [0.25, 0.3) is 0 Å². The highest BCUT2D eigenvalue weighted by molar-refractivity contribution is 5.97. The van der Waals surface area contributed by atoms with Crippen LogP contribution in [0.5, 0.6) is 5.75 Å². The molecule has 0 aromatic heterocycles. The van der Waals surface area contributed by atoms with Crippen molar-refractivity contribution in [2.45, 2.75) is 33.3 Å². The maximum Gasteiger partial charge on any atom is 0.188 e. The molecule has 17 heavy (non-hydrogen) atoms. The highest BCUT2D eigenvalue weighted by Crippen LogP contribution is 2.15. The molecule has 0 atom stereocenters. The van der Waals surface area contributed by atoms with Gasteiger partial charge in [-0.2, -0.15) is 0 Å². The third-order valence-corrected chi connectivity index (χ3v) is 2.10. The predicted octanol–water partition coefficient (Wildman–Crippen LogP) is 3.08. The van der Waals surface area contributed by atoms with Crippen LogP contribution in [0.2, 0.25) is 0 Å². The number of carbonyl (C=O) groups excluding carboxylic acids is 1. The summed E-state index contributed by atoms with van der Waals surface area (Å²) in [5, 5.41) is 0. The molecule has 0 unspecified atom stereocenters. The SMILES string of the molecule is CCOc1cccc(C(=O)COC(C)(C)C)c1. The van der Waals surface area contributed by atoms with E-state index in [1.807, 2.05) is 39.8 Å². The van der Waals surface area contributed by atoms with Gasteiger partial charge in [0.2, 0.25) is 0 Å². The maximum atomic E-state index is 11.9. The minimum atomic E-state index is -0.298. The van der Waals surface area contributed by atoms with E-state index < -0.39 is 0 Å². The maximum absolute atomic E-state index is 11.9. The van der Waals surface area contributed by atoms with Crippen LogP contribution in [-0.4, -0.2) is 24.6 Å². The van der Waals surface area contributed by atoms with E-state index >= 15 is 0 Å². The Morgan fingerprint density at radius 2 is 2.00 bits per heavy atom. The van der Waals surface area contributed by atoms with E-state index in [2.05, 4.69) is 0 Å². The molecule has 1 aromatic rings. The molecule has 0 aliphatic heterocycles. The van der Waals surface area contributed by atoms with Crippen molar-refractivity contribution >= 4 is 5.78 Å². The Kier molecular flexibility index (Phi) is 4.70. The first kappa shape index (κ1) is 13.7. The quantitative estimate of drug-likeness (QED) is 0.737. The Labute approximate surface area is 103 Å². The number of hydrogen-bond donors (Lipinski definition) is 0. The lowest BCUT2D eigenvalue weighted by Crippen LogP contribution is -2.23. The molecule has 1 aromatic carbocycles. The Morgan fingerprint density at radius 1 is 1.29 bits per heavy atom. The Morgan fingerprint density at radius 3 is 2.59 bits per heavy atom. The van der Waals surface area contributed by atoms with E-state index in [0.29, 0.717) is 17.9 Å². The van der Waals surface area contributed by atoms with E-state index in [9.17, 15) is 4.79 Å². The van der Waals surface area contributed by atoms with Gasteiger partial charge in [0.05, 0.1) is 12.2 Å². The van der Waals surface area contributed by atoms with Crippen LogP contribution in [0, 0.1) is 0 Å².